The van der Waals surface area contributed by atoms with Crippen molar-refractivity contribution in [2.75, 3.05) is 32.3 Å². The van der Waals surface area contributed by atoms with Crippen molar-refractivity contribution in [2.45, 2.75) is 71.5 Å². The Morgan fingerprint density at radius 3 is 2.32 bits per heavy atom. The molecule has 2 atom stereocenters. The Kier molecular flexibility index (Phi) is 10.5. The van der Waals surface area contributed by atoms with Gasteiger partial charge in [0.1, 0.15) is 0 Å². The molecule has 3 rings (SSSR count). The van der Waals surface area contributed by atoms with E-state index in [4.69, 9.17) is 18.9 Å². The highest BCUT2D eigenvalue weighted by molar-refractivity contribution is 5.91. The van der Waals surface area contributed by atoms with Crippen LogP contribution in [0, 0.1) is 0 Å². The van der Waals surface area contributed by atoms with Gasteiger partial charge >= 0.3 is 12.2 Å². The molecule has 2 aromatic rings. The van der Waals surface area contributed by atoms with Crippen LogP contribution in [0.4, 0.5) is 15.3 Å². The standard InChI is InChI=1S/C29H40N2O6/c1-6-8-9-13-16-37-28(32)30(20-22-14-11-10-12-15-22)24-17-21(3)31(29(33)36-7-2)25-19-27(35-5)26(34-4)18-23(24)25/h10-12,14-15,18-19,21,24H,6-9,13,16-17,20H2,1-5H3/t21-,24+/m0/s1. The van der Waals surface area contributed by atoms with Gasteiger partial charge in [0, 0.05) is 24.2 Å². The highest BCUT2D eigenvalue weighted by Gasteiger charge is 2.40. The Bertz CT molecular complexity index is 1030. The number of rotatable bonds is 11. The average Bonchev–Trinajstić information content (AvgIpc) is 2.91. The van der Waals surface area contributed by atoms with E-state index in [9.17, 15) is 9.59 Å². The number of hydrogen-bond acceptors (Lipinski definition) is 6. The molecule has 0 N–H and O–H groups in total. The largest absolute Gasteiger partial charge is 0.493 e. The van der Waals surface area contributed by atoms with Crippen molar-refractivity contribution in [3.63, 3.8) is 0 Å². The van der Waals surface area contributed by atoms with E-state index in [0.717, 1.165) is 36.8 Å². The van der Waals surface area contributed by atoms with Crippen LogP contribution in [-0.4, -0.2) is 50.6 Å². The molecule has 202 valence electrons. The predicted molar refractivity (Wildman–Crippen MR) is 143 cm³/mol. The van der Waals surface area contributed by atoms with Crippen molar-refractivity contribution in [3.8, 4) is 11.5 Å². The molecule has 0 bridgehead atoms. The second kappa shape index (κ2) is 13.8. The van der Waals surface area contributed by atoms with Crippen molar-refractivity contribution in [3.05, 3.63) is 53.6 Å². The molecular weight excluding hydrogens is 472 g/mol. The van der Waals surface area contributed by atoms with E-state index in [1.165, 1.54) is 0 Å². The monoisotopic (exact) mass is 512 g/mol. The third-order valence-corrected chi connectivity index (χ3v) is 6.65. The molecule has 2 aromatic carbocycles. The molecule has 0 spiro atoms. The molecule has 0 aliphatic carbocycles. The van der Waals surface area contributed by atoms with Gasteiger partial charge in [-0.2, -0.15) is 0 Å². The fourth-order valence-electron chi connectivity index (χ4n) is 4.77. The molecule has 0 saturated heterocycles. The first-order chi connectivity index (χ1) is 17.9. The maximum atomic E-state index is 13.5. The summed E-state index contributed by atoms with van der Waals surface area (Å²) in [5.74, 6) is 1.02. The summed E-state index contributed by atoms with van der Waals surface area (Å²) in [6, 6.07) is 12.9. The van der Waals surface area contributed by atoms with Crippen molar-refractivity contribution < 1.29 is 28.5 Å². The molecule has 0 aromatic heterocycles. The number of anilines is 1. The van der Waals surface area contributed by atoms with Gasteiger partial charge in [0.25, 0.3) is 0 Å². The molecule has 0 saturated carbocycles. The van der Waals surface area contributed by atoms with E-state index in [1.54, 1.807) is 37.0 Å². The maximum absolute atomic E-state index is 13.5. The topological polar surface area (TPSA) is 77.5 Å². The zero-order chi connectivity index (χ0) is 26.8. The molecule has 0 radical (unpaired) electrons. The van der Waals surface area contributed by atoms with Crippen molar-refractivity contribution >= 4 is 17.9 Å². The highest BCUT2D eigenvalue weighted by atomic mass is 16.6. The quantitative estimate of drug-likeness (QED) is 0.311. The first kappa shape index (κ1) is 28.2. The lowest BCUT2D eigenvalue weighted by molar-refractivity contribution is 0.0757. The first-order valence-corrected chi connectivity index (χ1v) is 13.1. The van der Waals surface area contributed by atoms with Gasteiger partial charge in [0.05, 0.1) is 39.2 Å². The van der Waals surface area contributed by atoms with E-state index in [1.807, 2.05) is 43.3 Å². The second-order valence-corrected chi connectivity index (χ2v) is 9.22. The lowest BCUT2D eigenvalue weighted by atomic mass is 9.90. The number of benzene rings is 2. The number of fused-ring (bicyclic) bond motifs is 1. The molecule has 37 heavy (non-hydrogen) atoms. The van der Waals surface area contributed by atoms with Gasteiger partial charge < -0.3 is 18.9 Å². The second-order valence-electron chi connectivity index (χ2n) is 9.22. The minimum atomic E-state index is -0.435. The Balaban J connectivity index is 2.03. The zero-order valence-electron chi connectivity index (χ0n) is 22.7. The highest BCUT2D eigenvalue weighted by Crippen LogP contribution is 2.46. The van der Waals surface area contributed by atoms with Crippen LogP contribution in [-0.2, 0) is 16.0 Å². The van der Waals surface area contributed by atoms with Crippen LogP contribution in [0.1, 0.15) is 70.0 Å². The molecule has 8 nitrogen and oxygen atoms in total. The van der Waals surface area contributed by atoms with Crippen molar-refractivity contribution in [1.29, 1.82) is 0 Å². The summed E-state index contributed by atoms with van der Waals surface area (Å²) in [6.07, 6.45) is 3.80. The normalized spacial score (nSPS) is 16.5. The van der Waals surface area contributed by atoms with Crippen LogP contribution in [0.25, 0.3) is 0 Å². The third kappa shape index (κ3) is 6.87. The Morgan fingerprint density at radius 2 is 1.68 bits per heavy atom. The van der Waals surface area contributed by atoms with Gasteiger partial charge in [-0.05, 0) is 38.3 Å². The Labute approximate surface area is 220 Å². The molecule has 1 aliphatic heterocycles. The summed E-state index contributed by atoms with van der Waals surface area (Å²) in [5, 5.41) is 0. The summed E-state index contributed by atoms with van der Waals surface area (Å²) in [7, 11) is 3.13. The predicted octanol–water partition coefficient (Wildman–Crippen LogP) is 6.72. The van der Waals surface area contributed by atoms with Gasteiger partial charge in [0.2, 0.25) is 0 Å². The number of amides is 2. The molecule has 8 heteroatoms. The van der Waals surface area contributed by atoms with Gasteiger partial charge in [-0.1, -0.05) is 56.5 Å². The summed E-state index contributed by atoms with van der Waals surface area (Å²) in [4.78, 5) is 29.9. The van der Waals surface area contributed by atoms with Gasteiger partial charge in [0.15, 0.2) is 11.5 Å². The van der Waals surface area contributed by atoms with Crippen molar-refractivity contribution in [1.82, 2.24) is 4.90 Å². The number of carbonyl (C=O) groups is 2. The Hall–Kier alpha value is -3.42. The molecule has 1 aliphatic rings. The van der Waals surface area contributed by atoms with Gasteiger partial charge in [-0.25, -0.2) is 9.59 Å². The first-order valence-electron chi connectivity index (χ1n) is 13.1. The SMILES string of the molecule is CCCCCCOC(=O)N(Cc1ccccc1)[C@@H]1C[C@H](C)N(C(=O)OCC)c2cc(OC)c(OC)cc21. The zero-order valence-corrected chi connectivity index (χ0v) is 22.7. The molecule has 2 amide bonds. The molecule has 1 heterocycles. The number of carbonyl (C=O) groups excluding carboxylic acids is 2. The van der Waals surface area contributed by atoms with E-state index in [2.05, 4.69) is 6.92 Å². The maximum Gasteiger partial charge on any atom is 0.414 e. The number of methoxy groups -OCH3 is 2. The van der Waals surface area contributed by atoms with E-state index in [-0.39, 0.29) is 24.8 Å². The summed E-state index contributed by atoms with van der Waals surface area (Å²) >= 11 is 0. The summed E-state index contributed by atoms with van der Waals surface area (Å²) in [5.41, 5.74) is 2.41. The van der Waals surface area contributed by atoms with Crippen LogP contribution < -0.4 is 14.4 Å². The van der Waals surface area contributed by atoms with E-state index >= 15 is 0 Å². The minimum Gasteiger partial charge on any atom is -0.493 e. The molecular formula is C29H40N2O6. The van der Waals surface area contributed by atoms with Crippen LogP contribution >= 0.6 is 0 Å². The minimum absolute atomic E-state index is 0.231. The fraction of sp³-hybridized carbons (Fsp3) is 0.517. The summed E-state index contributed by atoms with van der Waals surface area (Å²) in [6.45, 7) is 6.90. The number of hydrogen-bond donors (Lipinski definition) is 0. The van der Waals surface area contributed by atoms with E-state index in [0.29, 0.717) is 36.8 Å². The van der Waals surface area contributed by atoms with Crippen LogP contribution in [0.2, 0.25) is 0 Å². The molecule has 0 unspecified atom stereocenters. The van der Waals surface area contributed by atoms with Crippen LogP contribution in [0.5, 0.6) is 11.5 Å². The van der Waals surface area contributed by atoms with Gasteiger partial charge in [-0.3, -0.25) is 9.80 Å². The lowest BCUT2D eigenvalue weighted by Gasteiger charge is -2.42. The van der Waals surface area contributed by atoms with Crippen LogP contribution in [0.15, 0.2) is 42.5 Å². The van der Waals surface area contributed by atoms with Crippen molar-refractivity contribution in [2.24, 2.45) is 0 Å². The number of unbranched alkanes of at least 4 members (excludes halogenated alkanes) is 3. The smallest absolute Gasteiger partial charge is 0.414 e. The summed E-state index contributed by atoms with van der Waals surface area (Å²) < 4.78 is 22.3. The van der Waals surface area contributed by atoms with Gasteiger partial charge in [-0.15, -0.1) is 0 Å². The lowest BCUT2D eigenvalue weighted by Crippen LogP contribution is -2.47. The average molecular weight is 513 g/mol. The number of ether oxygens (including phenoxy) is 4. The molecule has 0 fully saturated rings. The fourth-order valence-corrected chi connectivity index (χ4v) is 4.77. The number of nitrogens with zero attached hydrogens (tertiary/aromatic N) is 2. The Morgan fingerprint density at radius 1 is 0.973 bits per heavy atom. The van der Waals surface area contributed by atoms with E-state index < -0.39 is 6.09 Å². The third-order valence-electron chi connectivity index (χ3n) is 6.65. The van der Waals surface area contributed by atoms with Crippen LogP contribution in [0.3, 0.4) is 0 Å².